The van der Waals surface area contributed by atoms with E-state index in [-0.39, 0.29) is 52.4 Å². The maximum atomic E-state index is 13.8. The van der Waals surface area contributed by atoms with Crippen molar-refractivity contribution in [2.45, 2.75) is 63.7 Å². The normalized spacial score (nSPS) is 18.1. The third-order valence-electron chi connectivity index (χ3n) is 12.5. The molecule has 0 spiro atoms. The highest BCUT2D eigenvalue weighted by molar-refractivity contribution is 7.90. The molecule has 4 fully saturated rings. The summed E-state index contributed by atoms with van der Waals surface area (Å²) >= 11 is 11.9. The Balaban J connectivity index is 0.000000196. The van der Waals surface area contributed by atoms with Crippen molar-refractivity contribution in [3.63, 3.8) is 0 Å². The number of nitrogens with zero attached hydrogens (tertiary/aromatic N) is 8. The molecule has 2 aromatic heterocycles. The largest absolute Gasteiger partial charge is 0.465 e. The fourth-order valence-electron chi connectivity index (χ4n) is 8.13. The Labute approximate surface area is 394 Å². The Kier molecular flexibility index (Phi) is 16.3. The summed E-state index contributed by atoms with van der Waals surface area (Å²) in [6.07, 6.45) is 9.84. The van der Waals surface area contributed by atoms with E-state index in [1.807, 2.05) is 0 Å². The van der Waals surface area contributed by atoms with E-state index in [4.69, 9.17) is 28.9 Å². The molecule has 2 saturated heterocycles. The molecule has 4 aromatic rings. The lowest BCUT2D eigenvalue weighted by atomic mass is 9.91. The number of anilines is 2. The second-order valence-electron chi connectivity index (χ2n) is 16.5. The molecule has 2 aliphatic carbocycles. The van der Waals surface area contributed by atoms with E-state index in [2.05, 4.69) is 24.5 Å². The number of rotatable bonds is 15. The second kappa shape index (κ2) is 21.7. The van der Waals surface area contributed by atoms with Crippen LogP contribution < -0.4 is 14.3 Å². The van der Waals surface area contributed by atoms with Crippen molar-refractivity contribution in [2.75, 3.05) is 74.6 Å². The molecule has 4 heterocycles. The molecule has 356 valence electrons. The number of halogens is 4. The molecule has 2 aromatic carbocycles. The van der Waals surface area contributed by atoms with E-state index in [1.54, 1.807) is 18.2 Å². The molecule has 0 amide bonds. The summed E-state index contributed by atoms with van der Waals surface area (Å²) in [6, 6.07) is 15.0. The maximum Gasteiger partial charge on any atom is 0.339 e. The molecule has 4 aliphatic rings. The fourth-order valence-corrected chi connectivity index (χ4v) is 11.6. The molecule has 2 aliphatic heterocycles. The van der Waals surface area contributed by atoms with E-state index >= 15 is 0 Å². The number of piperazine rings is 2. The van der Waals surface area contributed by atoms with Gasteiger partial charge in [0.25, 0.3) is 0 Å². The average Bonchev–Trinajstić information content (AvgIpc) is 3.28. The fraction of sp³-hybridized carbons (Fsp3) is 0.455. The average molecular weight is 993 g/mol. The van der Waals surface area contributed by atoms with E-state index in [0.717, 1.165) is 12.1 Å². The van der Waals surface area contributed by atoms with Crippen LogP contribution in [0.4, 0.5) is 20.2 Å². The van der Waals surface area contributed by atoms with Gasteiger partial charge in [-0.1, -0.05) is 36.0 Å². The number of methoxy groups -OCH3 is 1. The predicted octanol–water partition coefficient (Wildman–Crippen LogP) is 5.52. The van der Waals surface area contributed by atoms with Crippen LogP contribution in [0.2, 0.25) is 10.0 Å². The number of Topliss-reactive ketones (excluding diaryl/α,β-unsaturated/α-hetero) is 1. The SMILES string of the molecule is COC(=O)c1ccc(CN(c2ccc(F)c(Cl)c2)S(=O)(=O)N2CCN(C3CCC3)CC2)nc1.NCC(=O)c1ccc(CN(c2ccc(F)c(Cl)c2)S(=O)(=O)N2CCN(C3CCC3)CC2)nc1. The molecule has 66 heavy (non-hydrogen) atoms. The number of nitrogens with two attached hydrogens (primary N) is 1. The van der Waals surface area contributed by atoms with Gasteiger partial charge in [-0.25, -0.2) is 13.6 Å². The van der Waals surface area contributed by atoms with Crippen molar-refractivity contribution < 1.29 is 39.9 Å². The van der Waals surface area contributed by atoms with Crippen molar-refractivity contribution in [3.8, 4) is 0 Å². The first-order chi connectivity index (χ1) is 31.6. The lowest BCUT2D eigenvalue weighted by Gasteiger charge is -2.43. The minimum Gasteiger partial charge on any atom is -0.465 e. The maximum absolute atomic E-state index is 13.8. The third-order valence-corrected chi connectivity index (χ3v) is 16.9. The van der Waals surface area contributed by atoms with E-state index < -0.39 is 38.0 Å². The van der Waals surface area contributed by atoms with Gasteiger partial charge in [0.1, 0.15) is 11.6 Å². The highest BCUT2D eigenvalue weighted by atomic mass is 35.5. The van der Waals surface area contributed by atoms with Crippen molar-refractivity contribution in [2.24, 2.45) is 5.73 Å². The molecule has 16 nitrogen and oxygen atoms in total. The molecule has 0 atom stereocenters. The van der Waals surface area contributed by atoms with Gasteiger partial charge in [-0.15, -0.1) is 0 Å². The van der Waals surface area contributed by atoms with Gasteiger partial charge in [0.15, 0.2) is 5.78 Å². The molecule has 2 saturated carbocycles. The first kappa shape index (κ1) is 49.5. The van der Waals surface area contributed by atoms with Gasteiger partial charge in [-0.3, -0.25) is 33.2 Å². The van der Waals surface area contributed by atoms with Crippen LogP contribution in [0, 0.1) is 11.6 Å². The number of carbonyl (C=O) groups excluding carboxylic acids is 2. The van der Waals surface area contributed by atoms with Gasteiger partial charge in [0, 0.05) is 82.4 Å². The number of ketones is 1. The molecule has 0 radical (unpaired) electrons. The number of ether oxygens (including phenoxy) is 1. The van der Waals surface area contributed by atoms with Crippen molar-refractivity contribution in [3.05, 3.63) is 117 Å². The zero-order chi connectivity index (χ0) is 47.2. The number of benzene rings is 2. The Bertz CT molecular complexity index is 2380. The number of hydrogen-bond donors (Lipinski definition) is 1. The second-order valence-corrected chi connectivity index (χ2v) is 21.0. The van der Waals surface area contributed by atoms with E-state index in [1.165, 1.54) is 106 Å². The van der Waals surface area contributed by atoms with E-state index in [0.29, 0.717) is 81.4 Å². The minimum absolute atomic E-state index is 0.0930. The van der Waals surface area contributed by atoms with Crippen LogP contribution in [0.3, 0.4) is 0 Å². The standard InChI is InChI=1S/C22H27ClFN5O3S.C22H26ClFN4O4S/c23-20-12-19(6-7-21(20)24)29(15-17-5-4-16(14-26-17)22(30)13-25)33(31,32)28-10-8-27(9-11-28)18-2-1-3-18;1-32-22(29)16-5-6-17(25-14-16)15-28(19-7-8-21(24)20(23)13-19)33(30,31)27-11-9-26(10-12-27)18-3-2-4-18/h4-7,12,14,18H,1-3,8-11,13,15,25H2;5-8,13-14,18H,2-4,9-12,15H2,1H3. The Morgan fingerprint density at radius 2 is 1.08 bits per heavy atom. The summed E-state index contributed by atoms with van der Waals surface area (Å²) in [6.45, 7) is 3.87. The van der Waals surface area contributed by atoms with Crippen molar-refractivity contribution in [1.82, 2.24) is 28.4 Å². The van der Waals surface area contributed by atoms with Gasteiger partial charge < -0.3 is 10.5 Å². The monoisotopic (exact) mass is 991 g/mol. The number of pyridine rings is 2. The Hall–Kier alpha value is -4.38. The van der Waals surface area contributed by atoms with Gasteiger partial charge in [0.05, 0.1) is 65.1 Å². The molecular formula is C44H53Cl2F2N9O7S2. The smallest absolute Gasteiger partial charge is 0.339 e. The molecule has 22 heteroatoms. The summed E-state index contributed by atoms with van der Waals surface area (Å²) in [5.41, 5.74) is 7.33. The summed E-state index contributed by atoms with van der Waals surface area (Å²) in [5, 5.41) is -0.337. The van der Waals surface area contributed by atoms with Crippen LogP contribution in [-0.2, 0) is 38.2 Å². The zero-order valence-corrected chi connectivity index (χ0v) is 39.6. The molecule has 0 bridgehead atoms. The quantitative estimate of drug-likeness (QED) is 0.117. The summed E-state index contributed by atoms with van der Waals surface area (Å²) < 4.78 is 92.2. The number of carbonyl (C=O) groups is 2. The third kappa shape index (κ3) is 11.5. The van der Waals surface area contributed by atoms with Crippen LogP contribution in [-0.4, -0.2) is 135 Å². The first-order valence-electron chi connectivity index (χ1n) is 21.7. The number of aromatic nitrogens is 2. The van der Waals surface area contributed by atoms with Gasteiger partial charge in [0.2, 0.25) is 0 Å². The van der Waals surface area contributed by atoms with Gasteiger partial charge in [-0.05, 0) is 86.3 Å². The zero-order valence-electron chi connectivity index (χ0n) is 36.4. The van der Waals surface area contributed by atoms with E-state index in [9.17, 15) is 35.2 Å². The van der Waals surface area contributed by atoms with Crippen molar-refractivity contribution >= 4 is 66.7 Å². The number of hydrogen-bond acceptors (Lipinski definition) is 12. The molecule has 8 rings (SSSR count). The van der Waals surface area contributed by atoms with Crippen LogP contribution >= 0.6 is 23.2 Å². The highest BCUT2D eigenvalue weighted by Gasteiger charge is 2.38. The minimum atomic E-state index is -3.95. The first-order valence-corrected chi connectivity index (χ1v) is 25.3. The van der Waals surface area contributed by atoms with Gasteiger partial charge >= 0.3 is 26.4 Å². The topological polar surface area (TPSA) is 183 Å². The van der Waals surface area contributed by atoms with Crippen LogP contribution in [0.25, 0.3) is 0 Å². The summed E-state index contributed by atoms with van der Waals surface area (Å²) in [4.78, 5) is 36.6. The molecule has 0 unspecified atom stereocenters. The van der Waals surface area contributed by atoms with Crippen LogP contribution in [0.15, 0.2) is 73.1 Å². The lowest BCUT2D eigenvalue weighted by molar-refractivity contribution is 0.0600. The highest BCUT2D eigenvalue weighted by Crippen LogP contribution is 2.32. The van der Waals surface area contributed by atoms with Crippen LogP contribution in [0.5, 0.6) is 0 Å². The molecule has 2 N–H and O–H groups in total. The van der Waals surface area contributed by atoms with Crippen molar-refractivity contribution in [1.29, 1.82) is 0 Å². The number of esters is 1. The Morgan fingerprint density at radius 1 is 0.667 bits per heavy atom. The van der Waals surface area contributed by atoms with Crippen LogP contribution in [0.1, 0.15) is 70.6 Å². The predicted molar refractivity (Wildman–Crippen MR) is 248 cm³/mol. The van der Waals surface area contributed by atoms with Gasteiger partial charge in [-0.2, -0.15) is 25.4 Å². The lowest BCUT2D eigenvalue weighted by Crippen LogP contribution is -2.56. The molecular weight excluding hydrogens is 940 g/mol. The summed E-state index contributed by atoms with van der Waals surface area (Å²) in [7, 11) is -6.62. The Morgan fingerprint density at radius 3 is 1.39 bits per heavy atom. The summed E-state index contributed by atoms with van der Waals surface area (Å²) in [5.74, 6) is -2.05.